The Morgan fingerprint density at radius 3 is 2.11 bits per heavy atom. The second kappa shape index (κ2) is 9.91. The fraction of sp³-hybridized carbons (Fsp3) is 0.136. The molecule has 1 aromatic carbocycles. The van der Waals surface area contributed by atoms with Gasteiger partial charge in [0.25, 0.3) is 0 Å². The maximum absolute atomic E-state index is 4.41. The van der Waals surface area contributed by atoms with Crippen molar-refractivity contribution >= 4 is 0 Å². The van der Waals surface area contributed by atoms with E-state index in [2.05, 4.69) is 52.0 Å². The minimum Gasteiger partial charge on any atom is -0.441 e. The van der Waals surface area contributed by atoms with Gasteiger partial charge in [-0.25, -0.2) is 0 Å². The van der Waals surface area contributed by atoms with Gasteiger partial charge in [-0.15, -0.1) is 0 Å². The molecular weight excluding hydrogens is 512 g/mol. The Morgan fingerprint density at radius 1 is 0.815 bits per heavy atom. The monoisotopic (exact) mass is 533 g/mol. The maximum Gasteiger partial charge on any atom is 0.0620 e. The van der Waals surface area contributed by atoms with Gasteiger partial charge < -0.3 is 9.97 Å². The number of rotatable bonds is 3. The van der Waals surface area contributed by atoms with Crippen LogP contribution in [-0.2, 0) is 25.5 Å². The van der Waals surface area contributed by atoms with E-state index in [-0.39, 0.29) is 25.5 Å². The van der Waals surface area contributed by atoms with Gasteiger partial charge in [0.05, 0.1) is 5.69 Å². The second-order valence-corrected chi connectivity index (χ2v) is 6.21. The van der Waals surface area contributed by atoms with Crippen molar-refractivity contribution in [2.75, 3.05) is 0 Å². The molecule has 0 aliphatic carbocycles. The Bertz CT molecular complexity index is 851. The summed E-state index contributed by atoms with van der Waals surface area (Å²) in [7, 11) is 0. The largest absolute Gasteiger partial charge is 0.441 e. The summed E-state index contributed by atoms with van der Waals surface area (Å²) in [6.07, 6.45) is 6.87. The maximum atomic E-state index is 4.41. The van der Waals surface area contributed by atoms with Crippen LogP contribution in [-0.4, -0.2) is 15.0 Å². The van der Waals surface area contributed by atoms with Crippen molar-refractivity contribution in [3.8, 4) is 11.5 Å². The van der Waals surface area contributed by atoms with Crippen LogP contribution < -0.4 is 4.98 Å². The molecular formula is C22H20IrN4-2. The molecule has 0 amide bonds. The minimum absolute atomic E-state index is 0. The fourth-order valence-corrected chi connectivity index (χ4v) is 2.52. The van der Waals surface area contributed by atoms with Crippen LogP contribution in [0, 0.1) is 6.07 Å². The molecule has 0 saturated heterocycles. The summed E-state index contributed by atoms with van der Waals surface area (Å²) in [5.41, 5.74) is 2.98. The Labute approximate surface area is 173 Å². The van der Waals surface area contributed by atoms with Gasteiger partial charge in [0.2, 0.25) is 0 Å². The van der Waals surface area contributed by atoms with Crippen LogP contribution in [0.2, 0.25) is 0 Å². The van der Waals surface area contributed by atoms with Crippen LogP contribution in [0.5, 0.6) is 0 Å². The molecule has 3 aromatic heterocycles. The molecule has 0 aliphatic heterocycles. The van der Waals surface area contributed by atoms with Crippen LogP contribution in [0.1, 0.15) is 25.1 Å². The molecule has 0 N–H and O–H groups in total. The third-order valence-electron chi connectivity index (χ3n) is 4.04. The Kier molecular flexibility index (Phi) is 7.59. The summed E-state index contributed by atoms with van der Waals surface area (Å²) in [5.74, 6) is 0.686. The average molecular weight is 533 g/mol. The first kappa shape index (κ1) is 20.7. The van der Waals surface area contributed by atoms with Crippen LogP contribution >= 0.6 is 0 Å². The zero-order valence-electron chi connectivity index (χ0n) is 15.2. The van der Waals surface area contributed by atoms with Crippen molar-refractivity contribution in [2.45, 2.75) is 19.3 Å². The van der Waals surface area contributed by atoms with Crippen LogP contribution in [0.3, 0.4) is 0 Å². The van der Waals surface area contributed by atoms with Gasteiger partial charge in [-0.3, -0.25) is 9.97 Å². The Balaban J connectivity index is 0.000000194. The van der Waals surface area contributed by atoms with Crippen molar-refractivity contribution in [1.82, 2.24) is 19.9 Å². The van der Waals surface area contributed by atoms with E-state index < -0.39 is 0 Å². The number of pyridine rings is 2. The first-order valence-electron chi connectivity index (χ1n) is 8.42. The van der Waals surface area contributed by atoms with E-state index >= 15 is 0 Å². The molecule has 4 nitrogen and oxygen atoms in total. The number of hydrogen-bond acceptors (Lipinski definition) is 3. The molecule has 27 heavy (non-hydrogen) atoms. The molecule has 1 radical (unpaired) electrons. The molecule has 0 spiro atoms. The van der Waals surface area contributed by atoms with Gasteiger partial charge in [0.15, 0.2) is 0 Å². The van der Waals surface area contributed by atoms with Crippen molar-refractivity contribution < 1.29 is 20.1 Å². The van der Waals surface area contributed by atoms with E-state index in [0.29, 0.717) is 5.82 Å². The summed E-state index contributed by atoms with van der Waals surface area (Å²) in [6, 6.07) is 23.0. The molecule has 5 heteroatoms. The molecule has 0 aliphatic rings. The normalized spacial score (nSPS) is 10.3. The molecule has 139 valence electrons. The average Bonchev–Trinajstić information content (AvgIpc) is 3.25. The van der Waals surface area contributed by atoms with E-state index in [1.165, 1.54) is 5.56 Å². The fourth-order valence-electron chi connectivity index (χ4n) is 2.52. The molecule has 4 rings (SSSR count). The van der Waals surface area contributed by atoms with E-state index in [1.807, 2.05) is 54.7 Å². The topological polar surface area (TPSA) is 52.8 Å². The summed E-state index contributed by atoms with van der Waals surface area (Å²) >= 11 is 0. The molecule has 0 atom stereocenters. The zero-order valence-corrected chi connectivity index (χ0v) is 17.6. The predicted molar refractivity (Wildman–Crippen MR) is 102 cm³/mol. The number of hydrogen-bond donors (Lipinski definition) is 0. The molecule has 3 heterocycles. The van der Waals surface area contributed by atoms with E-state index in [0.717, 1.165) is 11.4 Å². The van der Waals surface area contributed by atoms with Crippen LogP contribution in [0.4, 0.5) is 0 Å². The quantitative estimate of drug-likeness (QED) is 0.369. The standard InChI is InChI=1S/C14H14N.C8H6N3.Ir/c1-14(2,12-8-4-3-5-9-12)13-10-6-7-11-15-13;1-2-4-9-7(3-1)8-10-5-6-11-8;/h3-8,10-11H,1-2H3;1-6H;/q2*-1;. The zero-order chi connectivity index (χ0) is 18.2. The van der Waals surface area contributed by atoms with E-state index in [9.17, 15) is 0 Å². The SMILES string of the molecule is CC(C)(c1[c-]cccc1)c1ccccn1.[Ir].c1ccc(-c2ncc[n-]2)nc1. The summed E-state index contributed by atoms with van der Waals surface area (Å²) in [6.45, 7) is 4.34. The Morgan fingerprint density at radius 2 is 1.56 bits per heavy atom. The molecule has 0 bridgehead atoms. The first-order valence-corrected chi connectivity index (χ1v) is 8.42. The predicted octanol–water partition coefficient (Wildman–Crippen LogP) is 4.31. The van der Waals surface area contributed by atoms with Crippen LogP contribution in [0.25, 0.3) is 11.5 Å². The smallest absolute Gasteiger partial charge is 0.0620 e. The van der Waals surface area contributed by atoms with Crippen molar-refractivity contribution in [3.63, 3.8) is 0 Å². The van der Waals surface area contributed by atoms with Gasteiger partial charge in [0, 0.05) is 43.6 Å². The number of aromatic nitrogens is 4. The van der Waals surface area contributed by atoms with E-state index in [1.54, 1.807) is 18.6 Å². The number of imidazole rings is 1. The second-order valence-electron chi connectivity index (χ2n) is 6.21. The Hall–Kier alpha value is -2.62. The number of nitrogens with zero attached hydrogens (tertiary/aromatic N) is 4. The first-order chi connectivity index (χ1) is 12.7. The summed E-state index contributed by atoms with van der Waals surface area (Å²) in [5, 5.41) is 0. The van der Waals surface area contributed by atoms with Gasteiger partial charge in [-0.1, -0.05) is 38.4 Å². The molecule has 0 fully saturated rings. The molecule has 0 unspecified atom stereocenters. The van der Waals surface area contributed by atoms with Gasteiger partial charge in [0.1, 0.15) is 0 Å². The van der Waals surface area contributed by atoms with Gasteiger partial charge in [-0.05, 0) is 30.1 Å². The van der Waals surface area contributed by atoms with Gasteiger partial charge in [-0.2, -0.15) is 35.9 Å². The summed E-state index contributed by atoms with van der Waals surface area (Å²) < 4.78 is 0. The van der Waals surface area contributed by atoms with Crippen LogP contribution in [0.15, 0.2) is 85.5 Å². The number of benzene rings is 1. The van der Waals surface area contributed by atoms with Gasteiger partial charge >= 0.3 is 0 Å². The van der Waals surface area contributed by atoms with E-state index in [4.69, 9.17) is 0 Å². The third-order valence-corrected chi connectivity index (χ3v) is 4.04. The van der Waals surface area contributed by atoms with Crippen molar-refractivity contribution in [3.05, 3.63) is 103 Å². The summed E-state index contributed by atoms with van der Waals surface area (Å²) in [4.78, 5) is 16.5. The molecule has 4 aromatic rings. The minimum atomic E-state index is -0.0808. The van der Waals surface area contributed by atoms with Crippen molar-refractivity contribution in [2.24, 2.45) is 0 Å². The third kappa shape index (κ3) is 5.43. The van der Waals surface area contributed by atoms with Crippen molar-refractivity contribution in [1.29, 1.82) is 0 Å². The molecule has 0 saturated carbocycles.